The van der Waals surface area contributed by atoms with Crippen LogP contribution in [-0.2, 0) is 0 Å². The van der Waals surface area contributed by atoms with Gasteiger partial charge in [-0.1, -0.05) is 0 Å². The number of rotatable bonds is 0. The molecule has 12 heavy (non-hydrogen) atoms. The molecule has 0 aromatic heterocycles. The van der Waals surface area contributed by atoms with Crippen molar-refractivity contribution in [2.75, 3.05) is 0 Å². The van der Waals surface area contributed by atoms with Gasteiger partial charge in [0, 0.05) is 0 Å². The minimum atomic E-state index is -5.57. The van der Waals surface area contributed by atoms with E-state index in [9.17, 15) is 30.7 Å². The van der Waals surface area contributed by atoms with E-state index in [0.717, 1.165) is 0 Å². The topological polar surface area (TPSA) is 0 Å². The number of allylic oxidation sites excluding steroid dienone is 2. The fourth-order valence-corrected chi connectivity index (χ4v) is 0.337. The summed E-state index contributed by atoms with van der Waals surface area (Å²) in [6, 6.07) is 0. The summed E-state index contributed by atoms with van der Waals surface area (Å²) in [5.74, 6) is -3.10. The SMILES string of the molecule is C/C(=C(/F)C(F)(F)F)C(F)(F)F. The minimum absolute atomic E-state index is 0.0306. The fourth-order valence-electron chi connectivity index (χ4n) is 0.337. The summed E-state index contributed by atoms with van der Waals surface area (Å²) in [7, 11) is 0. The molecule has 0 aromatic rings. The Bertz CT molecular complexity index is 171. The highest BCUT2D eigenvalue weighted by molar-refractivity contribution is 5.14. The Hall–Kier alpha value is -0.750. The van der Waals surface area contributed by atoms with Crippen molar-refractivity contribution in [1.82, 2.24) is 0 Å². The average Bonchev–Trinajstić information content (AvgIpc) is 1.80. The summed E-state index contributed by atoms with van der Waals surface area (Å²) < 4.78 is 80.0. The van der Waals surface area contributed by atoms with E-state index < -0.39 is 23.8 Å². The van der Waals surface area contributed by atoms with Gasteiger partial charge >= 0.3 is 12.4 Å². The molecule has 0 spiro atoms. The number of halogens is 7. The van der Waals surface area contributed by atoms with Crippen LogP contribution in [0.4, 0.5) is 30.7 Å². The van der Waals surface area contributed by atoms with E-state index >= 15 is 0 Å². The summed E-state index contributed by atoms with van der Waals surface area (Å²) in [5, 5.41) is 0. The molecular weight excluding hydrogens is 193 g/mol. The van der Waals surface area contributed by atoms with Gasteiger partial charge in [0.05, 0.1) is 5.57 Å². The second-order valence-corrected chi connectivity index (χ2v) is 1.93. The van der Waals surface area contributed by atoms with E-state index in [1.54, 1.807) is 0 Å². The van der Waals surface area contributed by atoms with Crippen molar-refractivity contribution in [3.63, 3.8) is 0 Å². The largest absolute Gasteiger partial charge is 0.443 e. The molecule has 0 saturated heterocycles. The van der Waals surface area contributed by atoms with Crippen LogP contribution in [0.15, 0.2) is 11.4 Å². The highest BCUT2D eigenvalue weighted by Gasteiger charge is 2.44. The number of alkyl halides is 6. The molecule has 0 radical (unpaired) electrons. The Morgan fingerprint density at radius 2 is 1.17 bits per heavy atom. The Morgan fingerprint density at radius 1 is 0.833 bits per heavy atom. The molecule has 0 aliphatic carbocycles. The van der Waals surface area contributed by atoms with Gasteiger partial charge in [-0.15, -0.1) is 0 Å². The Morgan fingerprint density at radius 3 is 1.25 bits per heavy atom. The van der Waals surface area contributed by atoms with Crippen LogP contribution in [0, 0.1) is 0 Å². The second-order valence-electron chi connectivity index (χ2n) is 1.93. The number of hydrogen-bond donors (Lipinski definition) is 0. The lowest BCUT2D eigenvalue weighted by Gasteiger charge is -2.10. The van der Waals surface area contributed by atoms with Gasteiger partial charge in [-0.3, -0.25) is 0 Å². The Labute approximate surface area is 62.7 Å². The van der Waals surface area contributed by atoms with Crippen LogP contribution in [0.3, 0.4) is 0 Å². The first-order chi connectivity index (χ1) is 5.07. The van der Waals surface area contributed by atoms with Crippen molar-refractivity contribution in [3.05, 3.63) is 11.4 Å². The van der Waals surface area contributed by atoms with Gasteiger partial charge < -0.3 is 0 Å². The average molecular weight is 196 g/mol. The molecule has 0 atom stereocenters. The summed E-state index contributed by atoms with van der Waals surface area (Å²) in [6.45, 7) is 0.0306. The van der Waals surface area contributed by atoms with E-state index in [-0.39, 0.29) is 6.92 Å². The van der Waals surface area contributed by atoms with Crippen molar-refractivity contribution < 1.29 is 30.7 Å². The van der Waals surface area contributed by atoms with E-state index in [2.05, 4.69) is 0 Å². The smallest absolute Gasteiger partial charge is 0.201 e. The maximum absolute atomic E-state index is 11.8. The van der Waals surface area contributed by atoms with Gasteiger partial charge in [0.25, 0.3) is 0 Å². The van der Waals surface area contributed by atoms with E-state index in [1.165, 1.54) is 0 Å². The van der Waals surface area contributed by atoms with Crippen LogP contribution in [0.25, 0.3) is 0 Å². The van der Waals surface area contributed by atoms with Crippen LogP contribution >= 0.6 is 0 Å². The molecule has 0 bridgehead atoms. The minimum Gasteiger partial charge on any atom is -0.201 e. The van der Waals surface area contributed by atoms with Gasteiger partial charge in [-0.25, -0.2) is 4.39 Å². The molecule has 0 N–H and O–H groups in total. The highest BCUT2D eigenvalue weighted by atomic mass is 19.4. The molecule has 0 nitrogen and oxygen atoms in total. The van der Waals surface area contributed by atoms with Crippen molar-refractivity contribution in [2.45, 2.75) is 19.3 Å². The molecule has 0 amide bonds. The zero-order valence-electron chi connectivity index (χ0n) is 5.65. The summed E-state index contributed by atoms with van der Waals surface area (Å²) in [6.07, 6.45) is -10.8. The first-order valence-electron chi connectivity index (χ1n) is 2.57. The predicted octanol–water partition coefficient (Wildman–Crippen LogP) is 3.35. The summed E-state index contributed by atoms with van der Waals surface area (Å²) >= 11 is 0. The summed E-state index contributed by atoms with van der Waals surface area (Å²) in [5.41, 5.74) is -2.27. The highest BCUT2D eigenvalue weighted by Crippen LogP contribution is 2.36. The van der Waals surface area contributed by atoms with Crippen molar-refractivity contribution in [1.29, 1.82) is 0 Å². The zero-order valence-corrected chi connectivity index (χ0v) is 5.65. The van der Waals surface area contributed by atoms with Crippen LogP contribution in [0.1, 0.15) is 6.92 Å². The summed E-state index contributed by atoms with van der Waals surface area (Å²) in [4.78, 5) is 0. The molecule has 72 valence electrons. The lowest BCUT2D eigenvalue weighted by atomic mass is 10.2. The van der Waals surface area contributed by atoms with Gasteiger partial charge in [0.2, 0.25) is 5.83 Å². The molecule has 0 rings (SSSR count). The maximum Gasteiger partial charge on any atom is 0.443 e. The maximum atomic E-state index is 11.8. The van der Waals surface area contributed by atoms with Gasteiger partial charge in [-0.05, 0) is 6.92 Å². The molecule has 0 heterocycles. The third-order valence-corrected chi connectivity index (χ3v) is 1.00. The molecule has 0 saturated carbocycles. The van der Waals surface area contributed by atoms with E-state index in [4.69, 9.17) is 0 Å². The Kier molecular flexibility index (Phi) is 2.76. The van der Waals surface area contributed by atoms with Gasteiger partial charge in [0.15, 0.2) is 0 Å². The molecular formula is C5H3F7. The predicted molar refractivity (Wildman–Crippen MR) is 25.9 cm³/mol. The third-order valence-electron chi connectivity index (χ3n) is 1.00. The van der Waals surface area contributed by atoms with Crippen LogP contribution in [-0.4, -0.2) is 12.4 Å². The lowest BCUT2D eigenvalue weighted by molar-refractivity contribution is -0.128. The zero-order chi connectivity index (χ0) is 10.2. The molecule has 0 aliphatic rings. The quantitative estimate of drug-likeness (QED) is 0.521. The lowest BCUT2D eigenvalue weighted by Crippen LogP contribution is -2.18. The van der Waals surface area contributed by atoms with Crippen LogP contribution < -0.4 is 0 Å². The van der Waals surface area contributed by atoms with E-state index in [0.29, 0.717) is 0 Å². The standard InChI is InChI=1S/C5H3F7/c1-2(4(7,8)9)3(6)5(10,11)12/h1H3/b3-2-. The van der Waals surface area contributed by atoms with Crippen LogP contribution in [0.2, 0.25) is 0 Å². The van der Waals surface area contributed by atoms with Gasteiger partial charge in [0.1, 0.15) is 0 Å². The number of hydrogen-bond acceptors (Lipinski definition) is 0. The molecule has 0 unspecified atom stereocenters. The Balaban J connectivity index is 4.96. The van der Waals surface area contributed by atoms with Crippen LogP contribution in [0.5, 0.6) is 0 Å². The fraction of sp³-hybridized carbons (Fsp3) is 0.600. The van der Waals surface area contributed by atoms with Gasteiger partial charge in [-0.2, -0.15) is 26.3 Å². The first-order valence-corrected chi connectivity index (χ1v) is 2.57. The second kappa shape index (κ2) is 2.95. The van der Waals surface area contributed by atoms with Crippen molar-refractivity contribution >= 4 is 0 Å². The van der Waals surface area contributed by atoms with Crippen molar-refractivity contribution in [2.24, 2.45) is 0 Å². The molecule has 0 aromatic carbocycles. The monoisotopic (exact) mass is 196 g/mol. The first kappa shape index (κ1) is 11.2. The van der Waals surface area contributed by atoms with Crippen molar-refractivity contribution in [3.8, 4) is 0 Å². The molecule has 0 aliphatic heterocycles. The normalized spacial score (nSPS) is 16.0. The van der Waals surface area contributed by atoms with E-state index in [1.807, 2.05) is 0 Å². The molecule has 0 fully saturated rings. The molecule has 7 heteroatoms. The third kappa shape index (κ3) is 2.71.